The van der Waals surface area contributed by atoms with Crippen LogP contribution >= 0.6 is 0 Å². The maximum Gasteiger partial charge on any atom is 0.307 e. The van der Waals surface area contributed by atoms with Crippen LogP contribution in [0.1, 0.15) is 38.4 Å². The Kier molecular flexibility index (Phi) is 5.99. The van der Waals surface area contributed by atoms with Crippen molar-refractivity contribution in [1.29, 1.82) is 0 Å². The van der Waals surface area contributed by atoms with Gasteiger partial charge in [-0.25, -0.2) is 0 Å². The fourth-order valence-electron chi connectivity index (χ4n) is 1.84. The molecule has 2 N–H and O–H groups in total. The molecule has 106 valence electrons. The quantitative estimate of drug-likeness (QED) is 0.741. The number of β-amino-alcohol motifs (C(OH)–C–C–N with tert-alkyl or cyclic N) is 1. The van der Waals surface area contributed by atoms with E-state index in [0.29, 0.717) is 13.0 Å². The largest absolute Gasteiger partial charge is 0.469 e. The van der Waals surface area contributed by atoms with Gasteiger partial charge in [0.05, 0.1) is 19.6 Å². The van der Waals surface area contributed by atoms with Crippen LogP contribution in [0.3, 0.4) is 0 Å². The van der Waals surface area contributed by atoms with Gasteiger partial charge < -0.3 is 15.2 Å². The van der Waals surface area contributed by atoms with E-state index >= 15 is 0 Å². The fraction of sp³-hybridized carbons (Fsp3) is 0.533. The zero-order chi connectivity index (χ0) is 14.3. The van der Waals surface area contributed by atoms with Gasteiger partial charge in [-0.1, -0.05) is 37.3 Å². The third-order valence-corrected chi connectivity index (χ3v) is 3.45. The Bertz CT molecular complexity index is 394. The van der Waals surface area contributed by atoms with Gasteiger partial charge in [0, 0.05) is 12.1 Å². The van der Waals surface area contributed by atoms with E-state index in [9.17, 15) is 9.90 Å². The highest BCUT2D eigenvalue weighted by atomic mass is 16.5. The van der Waals surface area contributed by atoms with Crippen molar-refractivity contribution in [3.05, 3.63) is 35.9 Å². The second kappa shape index (κ2) is 7.26. The Morgan fingerprint density at radius 1 is 1.42 bits per heavy atom. The Balaban J connectivity index is 2.55. The number of methoxy groups -OCH3 is 1. The van der Waals surface area contributed by atoms with E-state index in [2.05, 4.69) is 5.32 Å². The molecule has 0 saturated heterocycles. The van der Waals surface area contributed by atoms with Gasteiger partial charge in [-0.15, -0.1) is 0 Å². The Hall–Kier alpha value is -1.39. The van der Waals surface area contributed by atoms with Gasteiger partial charge in [0.2, 0.25) is 0 Å². The van der Waals surface area contributed by atoms with Crippen molar-refractivity contribution in [2.45, 2.75) is 38.3 Å². The van der Waals surface area contributed by atoms with E-state index in [4.69, 9.17) is 4.74 Å². The molecule has 19 heavy (non-hydrogen) atoms. The third kappa shape index (κ3) is 5.01. The number of esters is 1. The smallest absolute Gasteiger partial charge is 0.307 e. The minimum absolute atomic E-state index is 0.244. The standard InChI is InChI=1S/C15H23NO3/c1-4-15(2,10-14(18)19-3)16-11-13(17)12-8-6-5-7-9-12/h5-9,13,16-17H,4,10-11H2,1-3H3. The molecule has 0 aromatic heterocycles. The molecule has 0 bridgehead atoms. The number of aliphatic hydroxyl groups excluding tert-OH is 1. The van der Waals surface area contributed by atoms with Crippen LogP contribution in [0.2, 0.25) is 0 Å². The number of ether oxygens (including phenoxy) is 1. The van der Waals surface area contributed by atoms with Crippen molar-refractivity contribution in [3.8, 4) is 0 Å². The van der Waals surface area contributed by atoms with E-state index in [-0.39, 0.29) is 11.5 Å². The van der Waals surface area contributed by atoms with E-state index in [1.54, 1.807) is 0 Å². The zero-order valence-corrected chi connectivity index (χ0v) is 11.8. The van der Waals surface area contributed by atoms with Gasteiger partial charge in [0.1, 0.15) is 0 Å². The lowest BCUT2D eigenvalue weighted by Gasteiger charge is -2.30. The zero-order valence-electron chi connectivity index (χ0n) is 11.8. The number of aliphatic hydroxyl groups is 1. The molecule has 0 fully saturated rings. The maximum atomic E-state index is 11.4. The van der Waals surface area contributed by atoms with Gasteiger partial charge in [-0.05, 0) is 18.9 Å². The highest BCUT2D eigenvalue weighted by molar-refractivity contribution is 5.70. The van der Waals surface area contributed by atoms with E-state index in [1.807, 2.05) is 44.2 Å². The van der Waals surface area contributed by atoms with Gasteiger partial charge in [-0.3, -0.25) is 4.79 Å². The van der Waals surface area contributed by atoms with Crippen LogP contribution in [-0.2, 0) is 9.53 Å². The average Bonchev–Trinajstić information content (AvgIpc) is 2.45. The normalized spacial score (nSPS) is 15.6. The van der Waals surface area contributed by atoms with Crippen LogP contribution in [0.5, 0.6) is 0 Å². The number of carbonyl (C=O) groups excluding carboxylic acids is 1. The SMILES string of the molecule is CCC(C)(CC(=O)OC)NCC(O)c1ccccc1. The number of rotatable bonds is 7. The Morgan fingerprint density at radius 2 is 2.05 bits per heavy atom. The first kappa shape index (κ1) is 15.7. The second-order valence-electron chi connectivity index (χ2n) is 4.97. The molecule has 0 saturated carbocycles. The molecule has 2 unspecified atom stereocenters. The second-order valence-corrected chi connectivity index (χ2v) is 4.97. The lowest BCUT2D eigenvalue weighted by Crippen LogP contribution is -2.45. The molecule has 0 spiro atoms. The molecule has 4 heteroatoms. The number of benzene rings is 1. The highest BCUT2D eigenvalue weighted by Gasteiger charge is 2.26. The summed E-state index contributed by atoms with van der Waals surface area (Å²) in [4.78, 5) is 11.4. The summed E-state index contributed by atoms with van der Waals surface area (Å²) in [5.41, 5.74) is 0.509. The lowest BCUT2D eigenvalue weighted by atomic mass is 9.94. The van der Waals surface area contributed by atoms with Crippen molar-refractivity contribution in [2.24, 2.45) is 0 Å². The van der Waals surface area contributed by atoms with Crippen molar-refractivity contribution in [3.63, 3.8) is 0 Å². The summed E-state index contributed by atoms with van der Waals surface area (Å²) in [6.45, 7) is 4.37. The van der Waals surface area contributed by atoms with Crippen LogP contribution in [0.4, 0.5) is 0 Å². The number of hydrogen-bond acceptors (Lipinski definition) is 4. The van der Waals surface area contributed by atoms with Crippen LogP contribution < -0.4 is 5.32 Å². The first-order valence-electron chi connectivity index (χ1n) is 6.55. The molecule has 0 heterocycles. The fourth-order valence-corrected chi connectivity index (χ4v) is 1.84. The number of hydrogen-bond donors (Lipinski definition) is 2. The van der Waals surface area contributed by atoms with Crippen molar-refractivity contribution >= 4 is 5.97 Å². The molecule has 4 nitrogen and oxygen atoms in total. The first-order valence-corrected chi connectivity index (χ1v) is 6.55. The maximum absolute atomic E-state index is 11.4. The summed E-state index contributed by atoms with van der Waals surface area (Å²) in [5.74, 6) is -0.244. The minimum atomic E-state index is -0.579. The van der Waals surface area contributed by atoms with Gasteiger partial charge in [-0.2, -0.15) is 0 Å². The summed E-state index contributed by atoms with van der Waals surface area (Å²) in [5, 5.41) is 13.4. The Labute approximate surface area is 114 Å². The molecule has 1 aromatic rings. The minimum Gasteiger partial charge on any atom is -0.469 e. The van der Waals surface area contributed by atoms with Crippen LogP contribution in [0.15, 0.2) is 30.3 Å². The van der Waals surface area contributed by atoms with Crippen LogP contribution in [0.25, 0.3) is 0 Å². The summed E-state index contributed by atoms with van der Waals surface area (Å²) < 4.78 is 4.70. The molecule has 0 aliphatic rings. The molecule has 0 aliphatic carbocycles. The molecule has 1 aromatic carbocycles. The number of nitrogens with one attached hydrogen (secondary N) is 1. The van der Waals surface area contributed by atoms with Crippen LogP contribution in [-0.4, -0.2) is 30.3 Å². The van der Waals surface area contributed by atoms with Crippen LogP contribution in [0, 0.1) is 0 Å². The van der Waals surface area contributed by atoms with Gasteiger partial charge >= 0.3 is 5.97 Å². The Morgan fingerprint density at radius 3 is 2.58 bits per heavy atom. The monoisotopic (exact) mass is 265 g/mol. The number of carbonyl (C=O) groups is 1. The summed E-state index contributed by atoms with van der Waals surface area (Å²) in [6.07, 6.45) is 0.496. The summed E-state index contributed by atoms with van der Waals surface area (Å²) in [6, 6.07) is 9.47. The van der Waals surface area contributed by atoms with Crippen molar-refractivity contribution < 1.29 is 14.6 Å². The predicted molar refractivity (Wildman–Crippen MR) is 74.7 cm³/mol. The van der Waals surface area contributed by atoms with Crippen molar-refractivity contribution in [2.75, 3.05) is 13.7 Å². The molecular weight excluding hydrogens is 242 g/mol. The molecule has 2 atom stereocenters. The van der Waals surface area contributed by atoms with Gasteiger partial charge in [0.25, 0.3) is 0 Å². The topological polar surface area (TPSA) is 58.6 Å². The molecule has 1 rings (SSSR count). The van der Waals surface area contributed by atoms with E-state index in [1.165, 1.54) is 7.11 Å². The average molecular weight is 265 g/mol. The summed E-state index contributed by atoms with van der Waals surface area (Å²) in [7, 11) is 1.39. The highest BCUT2D eigenvalue weighted by Crippen LogP contribution is 2.18. The lowest BCUT2D eigenvalue weighted by molar-refractivity contribution is -0.142. The predicted octanol–water partition coefficient (Wildman–Crippen LogP) is 2.04. The van der Waals surface area contributed by atoms with E-state index in [0.717, 1.165) is 12.0 Å². The third-order valence-electron chi connectivity index (χ3n) is 3.45. The molecule has 0 radical (unpaired) electrons. The molecule has 0 amide bonds. The molecular formula is C15H23NO3. The van der Waals surface area contributed by atoms with E-state index < -0.39 is 6.10 Å². The van der Waals surface area contributed by atoms with Crippen molar-refractivity contribution in [1.82, 2.24) is 5.32 Å². The first-order chi connectivity index (χ1) is 9.00. The van der Waals surface area contributed by atoms with Gasteiger partial charge in [0.15, 0.2) is 0 Å². The summed E-state index contributed by atoms with van der Waals surface area (Å²) >= 11 is 0. The molecule has 0 aliphatic heterocycles.